The number of piperazine rings is 1. The van der Waals surface area contributed by atoms with Crippen LogP contribution in [0.1, 0.15) is 18.0 Å². The highest BCUT2D eigenvalue weighted by molar-refractivity contribution is 6.31. The Kier molecular flexibility index (Phi) is 4.75. The van der Waals surface area contributed by atoms with Crippen LogP contribution in [0.5, 0.6) is 0 Å². The van der Waals surface area contributed by atoms with Gasteiger partial charge in [0.25, 0.3) is 0 Å². The van der Waals surface area contributed by atoms with Gasteiger partial charge in [0, 0.05) is 37.2 Å². The monoisotopic (exact) mass is 268 g/mol. The van der Waals surface area contributed by atoms with E-state index in [0.29, 0.717) is 5.02 Å². The number of benzene rings is 1. The number of hydrogen-bond donors (Lipinski definition) is 1. The van der Waals surface area contributed by atoms with E-state index in [1.807, 2.05) is 6.08 Å². The Balaban J connectivity index is 2.27. The van der Waals surface area contributed by atoms with E-state index in [0.717, 1.165) is 38.2 Å². The van der Waals surface area contributed by atoms with Gasteiger partial charge >= 0.3 is 0 Å². The molecular formula is C14H18ClFN2. The summed E-state index contributed by atoms with van der Waals surface area (Å²) in [5, 5.41) is 3.94. The Bertz CT molecular complexity index is 416. The van der Waals surface area contributed by atoms with Crippen molar-refractivity contribution in [2.45, 2.75) is 12.5 Å². The quantitative estimate of drug-likeness (QED) is 0.845. The van der Waals surface area contributed by atoms with Gasteiger partial charge < -0.3 is 5.32 Å². The van der Waals surface area contributed by atoms with Crippen LogP contribution in [-0.4, -0.2) is 31.1 Å². The summed E-state index contributed by atoms with van der Waals surface area (Å²) in [5.74, 6) is -0.237. The lowest BCUT2D eigenvalue weighted by Gasteiger charge is -2.35. The first kappa shape index (κ1) is 13.5. The van der Waals surface area contributed by atoms with E-state index in [-0.39, 0.29) is 11.9 Å². The molecule has 1 aliphatic rings. The van der Waals surface area contributed by atoms with Gasteiger partial charge in [-0.05, 0) is 30.2 Å². The number of nitrogens with zero attached hydrogens (tertiary/aromatic N) is 1. The van der Waals surface area contributed by atoms with Crippen molar-refractivity contribution in [3.63, 3.8) is 0 Å². The Hall–Kier alpha value is -0.900. The first-order chi connectivity index (χ1) is 8.72. The minimum absolute atomic E-state index is 0.118. The SMILES string of the molecule is C=CC[C@@H](c1cc(F)ccc1Cl)N1CCNCC1. The van der Waals surface area contributed by atoms with Crippen LogP contribution in [0, 0.1) is 5.82 Å². The summed E-state index contributed by atoms with van der Waals surface area (Å²) in [7, 11) is 0. The van der Waals surface area contributed by atoms with Crippen molar-refractivity contribution in [3.05, 3.63) is 47.3 Å². The highest BCUT2D eigenvalue weighted by Crippen LogP contribution is 2.31. The minimum Gasteiger partial charge on any atom is -0.314 e. The molecule has 0 unspecified atom stereocenters. The fraction of sp³-hybridized carbons (Fsp3) is 0.429. The molecule has 2 rings (SSSR count). The highest BCUT2D eigenvalue weighted by atomic mass is 35.5. The molecule has 18 heavy (non-hydrogen) atoms. The standard InChI is InChI=1S/C14H18ClFN2/c1-2-3-14(18-8-6-17-7-9-18)12-10-11(16)4-5-13(12)15/h2,4-5,10,14,17H,1,3,6-9H2/t14-/m0/s1. The van der Waals surface area contributed by atoms with Crippen LogP contribution in [0.25, 0.3) is 0 Å². The maximum absolute atomic E-state index is 13.4. The molecule has 1 N–H and O–H groups in total. The van der Waals surface area contributed by atoms with Crippen molar-refractivity contribution in [1.82, 2.24) is 10.2 Å². The molecule has 1 aromatic rings. The van der Waals surface area contributed by atoms with Gasteiger partial charge in [0.1, 0.15) is 5.82 Å². The van der Waals surface area contributed by atoms with Gasteiger partial charge in [-0.2, -0.15) is 0 Å². The number of halogens is 2. The second-order valence-electron chi connectivity index (χ2n) is 4.49. The lowest BCUT2D eigenvalue weighted by molar-refractivity contribution is 0.174. The molecule has 2 nitrogen and oxygen atoms in total. The number of hydrogen-bond acceptors (Lipinski definition) is 2. The predicted molar refractivity (Wildman–Crippen MR) is 73.4 cm³/mol. The van der Waals surface area contributed by atoms with Crippen molar-refractivity contribution in [2.75, 3.05) is 26.2 Å². The smallest absolute Gasteiger partial charge is 0.123 e. The molecule has 0 aromatic heterocycles. The topological polar surface area (TPSA) is 15.3 Å². The van der Waals surface area contributed by atoms with E-state index < -0.39 is 0 Å². The molecular weight excluding hydrogens is 251 g/mol. The van der Waals surface area contributed by atoms with Crippen LogP contribution in [0.3, 0.4) is 0 Å². The molecule has 1 atom stereocenters. The zero-order valence-electron chi connectivity index (χ0n) is 10.3. The van der Waals surface area contributed by atoms with Crippen LogP contribution >= 0.6 is 11.6 Å². The molecule has 4 heteroatoms. The maximum Gasteiger partial charge on any atom is 0.123 e. The zero-order valence-corrected chi connectivity index (χ0v) is 11.1. The van der Waals surface area contributed by atoms with E-state index in [1.54, 1.807) is 12.1 Å². The van der Waals surface area contributed by atoms with Crippen molar-refractivity contribution in [1.29, 1.82) is 0 Å². The first-order valence-electron chi connectivity index (χ1n) is 6.23. The summed E-state index contributed by atoms with van der Waals surface area (Å²) < 4.78 is 13.4. The lowest BCUT2D eigenvalue weighted by Crippen LogP contribution is -2.45. The molecule has 0 bridgehead atoms. The van der Waals surface area contributed by atoms with Gasteiger partial charge in [-0.15, -0.1) is 6.58 Å². The molecule has 0 radical (unpaired) electrons. The van der Waals surface area contributed by atoms with Gasteiger partial charge in [0.2, 0.25) is 0 Å². The van der Waals surface area contributed by atoms with E-state index in [1.165, 1.54) is 6.07 Å². The second-order valence-corrected chi connectivity index (χ2v) is 4.90. The van der Waals surface area contributed by atoms with E-state index >= 15 is 0 Å². The van der Waals surface area contributed by atoms with Crippen molar-refractivity contribution in [2.24, 2.45) is 0 Å². The molecule has 0 aliphatic carbocycles. The molecule has 1 aliphatic heterocycles. The Labute approximate surface area is 112 Å². The molecule has 1 saturated heterocycles. The van der Waals surface area contributed by atoms with Crippen LogP contribution in [0.15, 0.2) is 30.9 Å². The average Bonchev–Trinajstić information content (AvgIpc) is 2.40. The molecule has 1 heterocycles. The fourth-order valence-electron chi connectivity index (χ4n) is 2.39. The molecule has 98 valence electrons. The highest BCUT2D eigenvalue weighted by Gasteiger charge is 2.23. The summed E-state index contributed by atoms with van der Waals surface area (Å²) in [6.07, 6.45) is 2.65. The molecule has 1 fully saturated rings. The predicted octanol–water partition coefficient (Wildman–Crippen LogP) is 3.00. The Morgan fingerprint density at radius 3 is 2.83 bits per heavy atom. The van der Waals surface area contributed by atoms with E-state index in [2.05, 4.69) is 16.8 Å². The van der Waals surface area contributed by atoms with Crippen LogP contribution < -0.4 is 5.32 Å². The number of nitrogens with one attached hydrogen (secondary N) is 1. The lowest BCUT2D eigenvalue weighted by atomic mass is 10.0. The van der Waals surface area contributed by atoms with E-state index in [4.69, 9.17) is 11.6 Å². The molecule has 0 spiro atoms. The third-order valence-electron chi connectivity index (χ3n) is 3.30. The second kappa shape index (κ2) is 6.32. The van der Waals surface area contributed by atoms with Crippen molar-refractivity contribution >= 4 is 11.6 Å². The van der Waals surface area contributed by atoms with Gasteiger partial charge in [0.15, 0.2) is 0 Å². The zero-order chi connectivity index (χ0) is 13.0. The fourth-order valence-corrected chi connectivity index (χ4v) is 2.64. The van der Waals surface area contributed by atoms with Crippen molar-refractivity contribution in [3.8, 4) is 0 Å². The summed E-state index contributed by atoms with van der Waals surface area (Å²) >= 11 is 6.20. The number of rotatable bonds is 4. The van der Waals surface area contributed by atoms with Crippen molar-refractivity contribution < 1.29 is 4.39 Å². The summed E-state index contributed by atoms with van der Waals surface area (Å²) in [6, 6.07) is 4.69. The average molecular weight is 269 g/mol. The van der Waals surface area contributed by atoms with Gasteiger partial charge in [0.05, 0.1) is 0 Å². The third kappa shape index (κ3) is 3.10. The maximum atomic E-state index is 13.4. The van der Waals surface area contributed by atoms with Crippen LogP contribution in [0.4, 0.5) is 4.39 Å². The Morgan fingerprint density at radius 2 is 2.17 bits per heavy atom. The molecule has 0 amide bonds. The largest absolute Gasteiger partial charge is 0.314 e. The first-order valence-corrected chi connectivity index (χ1v) is 6.61. The third-order valence-corrected chi connectivity index (χ3v) is 3.64. The summed E-state index contributed by atoms with van der Waals surface area (Å²) in [4.78, 5) is 2.33. The van der Waals surface area contributed by atoms with Gasteiger partial charge in [-0.1, -0.05) is 17.7 Å². The van der Waals surface area contributed by atoms with Crippen LogP contribution in [-0.2, 0) is 0 Å². The molecule has 1 aromatic carbocycles. The van der Waals surface area contributed by atoms with Crippen LogP contribution in [0.2, 0.25) is 5.02 Å². The van der Waals surface area contributed by atoms with E-state index in [9.17, 15) is 4.39 Å². The summed E-state index contributed by atoms with van der Waals surface area (Å²) in [6.45, 7) is 7.61. The minimum atomic E-state index is -0.237. The Morgan fingerprint density at radius 1 is 1.44 bits per heavy atom. The van der Waals surface area contributed by atoms with Gasteiger partial charge in [-0.25, -0.2) is 4.39 Å². The van der Waals surface area contributed by atoms with Gasteiger partial charge in [-0.3, -0.25) is 4.90 Å². The molecule has 0 saturated carbocycles. The normalized spacial score (nSPS) is 18.6. The summed E-state index contributed by atoms with van der Waals surface area (Å²) in [5.41, 5.74) is 0.860.